The van der Waals surface area contributed by atoms with Gasteiger partial charge in [-0.25, -0.2) is 13.4 Å². The minimum absolute atomic E-state index is 0.0833. The molecule has 0 saturated carbocycles. The zero-order chi connectivity index (χ0) is 24.0. The van der Waals surface area contributed by atoms with Crippen LogP contribution in [0.25, 0.3) is 0 Å². The number of benzene rings is 2. The number of hydrogen-bond acceptors (Lipinski definition) is 7. The molecule has 8 nitrogen and oxygen atoms in total. The summed E-state index contributed by atoms with van der Waals surface area (Å²) in [6.07, 6.45) is 0. The highest BCUT2D eigenvalue weighted by molar-refractivity contribution is 7.91. The van der Waals surface area contributed by atoms with E-state index in [-0.39, 0.29) is 18.7 Å². The van der Waals surface area contributed by atoms with E-state index >= 15 is 0 Å². The molecule has 2 aromatic carbocycles. The number of rotatable bonds is 9. The Kier molecular flexibility index (Phi) is 7.54. The van der Waals surface area contributed by atoms with Crippen molar-refractivity contribution in [2.24, 2.45) is 0 Å². The van der Waals surface area contributed by atoms with Crippen LogP contribution in [-0.4, -0.2) is 43.1 Å². The first-order valence-electron chi connectivity index (χ1n) is 9.99. The summed E-state index contributed by atoms with van der Waals surface area (Å²) in [6.45, 7) is 4.12. The van der Waals surface area contributed by atoms with Crippen molar-refractivity contribution in [1.82, 2.24) is 15.3 Å². The van der Waals surface area contributed by atoms with Crippen molar-refractivity contribution in [2.45, 2.75) is 24.5 Å². The van der Waals surface area contributed by atoms with Crippen molar-refractivity contribution >= 4 is 33.2 Å². The molecular formula is C22H23F2N5O3S. The van der Waals surface area contributed by atoms with Crippen LogP contribution < -0.4 is 16.0 Å². The lowest BCUT2D eigenvalue weighted by atomic mass is 10.2. The molecule has 0 fully saturated rings. The maximum atomic E-state index is 12.9. The van der Waals surface area contributed by atoms with E-state index in [1.807, 2.05) is 38.1 Å². The number of aryl methyl sites for hydroxylation is 2. The molecule has 3 N–H and O–H groups in total. The van der Waals surface area contributed by atoms with Crippen LogP contribution in [0, 0.1) is 13.8 Å². The second kappa shape index (κ2) is 10.3. The van der Waals surface area contributed by atoms with Gasteiger partial charge in [-0.3, -0.25) is 4.79 Å². The van der Waals surface area contributed by atoms with Gasteiger partial charge in [0, 0.05) is 30.5 Å². The highest BCUT2D eigenvalue weighted by Crippen LogP contribution is 2.22. The summed E-state index contributed by atoms with van der Waals surface area (Å²) in [7, 11) is -4.90. The first-order valence-corrected chi connectivity index (χ1v) is 11.5. The number of carbonyl (C=O) groups is 1. The third-order valence-corrected chi connectivity index (χ3v) is 5.98. The quantitative estimate of drug-likeness (QED) is 0.405. The zero-order valence-electron chi connectivity index (χ0n) is 18.0. The van der Waals surface area contributed by atoms with E-state index < -0.39 is 26.4 Å². The second-order valence-electron chi connectivity index (χ2n) is 7.19. The number of halogens is 2. The minimum atomic E-state index is -4.90. The zero-order valence-corrected chi connectivity index (χ0v) is 18.8. The van der Waals surface area contributed by atoms with Gasteiger partial charge in [-0.1, -0.05) is 29.8 Å². The summed E-state index contributed by atoms with van der Waals surface area (Å²) in [5, 5.41) is 8.68. The van der Waals surface area contributed by atoms with Gasteiger partial charge in [0.1, 0.15) is 5.82 Å². The Hall–Kier alpha value is -3.60. The first-order chi connectivity index (χ1) is 15.7. The molecule has 0 bridgehead atoms. The van der Waals surface area contributed by atoms with Crippen LogP contribution in [-0.2, 0) is 9.84 Å². The van der Waals surface area contributed by atoms with E-state index in [1.54, 1.807) is 6.07 Å². The normalized spacial score (nSPS) is 11.3. The summed E-state index contributed by atoms with van der Waals surface area (Å²) < 4.78 is 49.5. The van der Waals surface area contributed by atoms with Gasteiger partial charge in [-0.15, -0.1) is 0 Å². The number of amides is 1. The van der Waals surface area contributed by atoms with Crippen molar-refractivity contribution in [3.05, 3.63) is 71.4 Å². The van der Waals surface area contributed by atoms with Crippen molar-refractivity contribution in [1.29, 1.82) is 0 Å². The maximum Gasteiger partial charge on any atom is 0.341 e. The average Bonchev–Trinajstić information content (AvgIpc) is 2.77. The Bertz CT molecular complexity index is 1240. The highest BCUT2D eigenvalue weighted by Gasteiger charge is 2.30. The van der Waals surface area contributed by atoms with Crippen LogP contribution in [0.3, 0.4) is 0 Å². The van der Waals surface area contributed by atoms with Gasteiger partial charge in [0.05, 0.1) is 10.5 Å². The molecule has 3 rings (SSSR count). The van der Waals surface area contributed by atoms with E-state index in [1.165, 1.54) is 18.2 Å². The Labute approximate surface area is 190 Å². The number of sulfone groups is 1. The smallest absolute Gasteiger partial charge is 0.341 e. The van der Waals surface area contributed by atoms with Crippen molar-refractivity contribution in [3.8, 4) is 0 Å². The molecule has 0 radical (unpaired) electrons. The van der Waals surface area contributed by atoms with Crippen molar-refractivity contribution in [2.75, 3.05) is 23.7 Å². The van der Waals surface area contributed by atoms with Crippen LogP contribution in [0.1, 0.15) is 21.6 Å². The third kappa shape index (κ3) is 6.22. The molecule has 1 heterocycles. The number of hydrogen-bond donors (Lipinski definition) is 3. The summed E-state index contributed by atoms with van der Waals surface area (Å²) in [5.74, 6) is -3.47. The van der Waals surface area contributed by atoms with E-state index in [0.29, 0.717) is 11.8 Å². The van der Waals surface area contributed by atoms with Gasteiger partial charge in [-0.05, 0) is 38.1 Å². The lowest BCUT2D eigenvalue weighted by Gasteiger charge is -2.12. The molecule has 1 aromatic heterocycles. The SMILES string of the molecule is Cc1ccc(Nc2cc(C)nc(NCCNC(=O)c3ccccc3S(=O)(=O)C(F)F)n2)cc1. The predicted molar refractivity (Wildman–Crippen MR) is 122 cm³/mol. The number of nitrogens with zero attached hydrogens (tertiary/aromatic N) is 2. The Morgan fingerprint density at radius 1 is 1.00 bits per heavy atom. The fourth-order valence-corrected chi connectivity index (χ4v) is 3.87. The van der Waals surface area contributed by atoms with Gasteiger partial charge >= 0.3 is 5.76 Å². The summed E-state index contributed by atoms with van der Waals surface area (Å²) in [4.78, 5) is 20.4. The lowest BCUT2D eigenvalue weighted by Crippen LogP contribution is -2.30. The topological polar surface area (TPSA) is 113 Å². The second-order valence-corrected chi connectivity index (χ2v) is 9.08. The van der Waals surface area contributed by atoms with E-state index in [2.05, 4.69) is 25.9 Å². The standard InChI is InChI=1S/C22H23F2N5O3S/c1-14-7-9-16(10-8-14)28-19-13-15(2)27-22(29-19)26-12-11-25-20(30)17-5-3-4-6-18(17)33(31,32)21(23)24/h3-10,13,21H,11-12H2,1-2H3,(H,25,30)(H2,26,27,28,29). The molecule has 0 atom stereocenters. The average molecular weight is 476 g/mol. The minimum Gasteiger partial charge on any atom is -0.352 e. The number of anilines is 3. The fraction of sp³-hybridized carbons (Fsp3) is 0.227. The molecule has 0 aliphatic heterocycles. The number of alkyl halides is 2. The molecular weight excluding hydrogens is 452 g/mol. The lowest BCUT2D eigenvalue weighted by molar-refractivity contribution is 0.0951. The van der Waals surface area contributed by atoms with Crippen molar-refractivity contribution < 1.29 is 22.0 Å². The molecule has 0 aliphatic rings. The van der Waals surface area contributed by atoms with Gasteiger partial charge in [0.15, 0.2) is 0 Å². The van der Waals surface area contributed by atoms with Crippen LogP contribution in [0.5, 0.6) is 0 Å². The number of aromatic nitrogens is 2. The molecule has 1 amide bonds. The maximum absolute atomic E-state index is 12.9. The molecule has 0 saturated heterocycles. The summed E-state index contributed by atoms with van der Waals surface area (Å²) in [5.41, 5.74) is 2.39. The van der Waals surface area contributed by atoms with Crippen LogP contribution in [0.4, 0.5) is 26.2 Å². The fourth-order valence-electron chi connectivity index (χ4n) is 2.94. The number of carbonyl (C=O) groups excluding carboxylic acids is 1. The molecule has 0 unspecified atom stereocenters. The predicted octanol–water partition coefficient (Wildman–Crippen LogP) is 3.68. The Morgan fingerprint density at radius 2 is 1.70 bits per heavy atom. The van der Waals surface area contributed by atoms with Gasteiger partial charge in [0.2, 0.25) is 15.8 Å². The molecule has 0 aliphatic carbocycles. The Balaban J connectivity index is 1.60. The highest BCUT2D eigenvalue weighted by atomic mass is 32.2. The van der Waals surface area contributed by atoms with E-state index in [0.717, 1.165) is 23.0 Å². The molecule has 174 valence electrons. The van der Waals surface area contributed by atoms with E-state index in [9.17, 15) is 22.0 Å². The molecule has 0 spiro atoms. The molecule has 3 aromatic rings. The van der Waals surface area contributed by atoms with E-state index in [4.69, 9.17) is 0 Å². The van der Waals surface area contributed by atoms with Gasteiger partial charge < -0.3 is 16.0 Å². The first kappa shape index (κ1) is 24.1. The van der Waals surface area contributed by atoms with Crippen LogP contribution in [0.15, 0.2) is 59.5 Å². The van der Waals surface area contributed by atoms with Crippen molar-refractivity contribution in [3.63, 3.8) is 0 Å². The number of nitrogens with one attached hydrogen (secondary N) is 3. The van der Waals surface area contributed by atoms with Crippen LogP contribution >= 0.6 is 0 Å². The Morgan fingerprint density at radius 3 is 2.39 bits per heavy atom. The van der Waals surface area contributed by atoms with Gasteiger partial charge in [-0.2, -0.15) is 13.8 Å². The summed E-state index contributed by atoms with van der Waals surface area (Å²) in [6, 6.07) is 14.5. The largest absolute Gasteiger partial charge is 0.352 e. The van der Waals surface area contributed by atoms with Gasteiger partial charge in [0.25, 0.3) is 5.91 Å². The molecule has 11 heteroatoms. The molecule has 33 heavy (non-hydrogen) atoms. The third-order valence-electron chi connectivity index (χ3n) is 4.54. The summed E-state index contributed by atoms with van der Waals surface area (Å²) >= 11 is 0. The monoisotopic (exact) mass is 475 g/mol. The van der Waals surface area contributed by atoms with Crippen LogP contribution in [0.2, 0.25) is 0 Å².